The van der Waals surface area contributed by atoms with E-state index in [1.807, 2.05) is 0 Å². The Bertz CT molecular complexity index is 280. The number of hydrogen-bond donors (Lipinski definition) is 2. The Morgan fingerprint density at radius 3 is 2.28 bits per heavy atom. The van der Waals surface area contributed by atoms with E-state index in [2.05, 4.69) is 24.5 Å². The van der Waals surface area contributed by atoms with Crippen LogP contribution in [0.3, 0.4) is 0 Å². The SMILES string of the molecule is CCCC1(C(=O)NC2(CC)CCC2)CCNCC1. The van der Waals surface area contributed by atoms with E-state index >= 15 is 0 Å². The van der Waals surface area contributed by atoms with E-state index < -0.39 is 0 Å². The third-order valence-corrected chi connectivity index (χ3v) is 5.14. The molecule has 2 fully saturated rings. The molecule has 0 bridgehead atoms. The van der Waals surface area contributed by atoms with Crippen LogP contribution >= 0.6 is 0 Å². The standard InChI is InChI=1S/C15H28N2O/c1-3-6-14(9-11-16-12-10-14)13(18)17-15(4-2)7-5-8-15/h16H,3-12H2,1-2H3,(H,17,18). The van der Waals surface area contributed by atoms with Crippen molar-refractivity contribution in [2.45, 2.75) is 70.8 Å². The lowest BCUT2D eigenvalue weighted by Crippen LogP contribution is -2.58. The molecule has 1 aliphatic heterocycles. The molecule has 2 N–H and O–H groups in total. The van der Waals surface area contributed by atoms with Gasteiger partial charge >= 0.3 is 0 Å². The summed E-state index contributed by atoms with van der Waals surface area (Å²) in [5.41, 5.74) is 0.0560. The van der Waals surface area contributed by atoms with Crippen LogP contribution < -0.4 is 10.6 Å². The molecule has 0 unspecified atom stereocenters. The van der Waals surface area contributed by atoms with Crippen molar-refractivity contribution >= 4 is 5.91 Å². The fourth-order valence-corrected chi connectivity index (χ4v) is 3.52. The minimum Gasteiger partial charge on any atom is -0.350 e. The van der Waals surface area contributed by atoms with Crippen molar-refractivity contribution in [3.63, 3.8) is 0 Å². The zero-order valence-corrected chi connectivity index (χ0v) is 12.0. The Hall–Kier alpha value is -0.570. The highest BCUT2D eigenvalue weighted by atomic mass is 16.2. The highest BCUT2D eigenvalue weighted by Gasteiger charge is 2.44. The maximum absolute atomic E-state index is 12.7. The molecule has 2 aliphatic rings. The predicted molar refractivity (Wildman–Crippen MR) is 74.5 cm³/mol. The molecule has 2 rings (SSSR count). The second kappa shape index (κ2) is 5.60. The van der Waals surface area contributed by atoms with Gasteiger partial charge in [0.25, 0.3) is 0 Å². The van der Waals surface area contributed by atoms with Crippen LogP contribution in [0, 0.1) is 5.41 Å². The van der Waals surface area contributed by atoms with Crippen molar-refractivity contribution in [3.8, 4) is 0 Å². The van der Waals surface area contributed by atoms with Gasteiger partial charge in [-0.15, -0.1) is 0 Å². The molecule has 3 heteroatoms. The van der Waals surface area contributed by atoms with Gasteiger partial charge in [-0.2, -0.15) is 0 Å². The van der Waals surface area contributed by atoms with Gasteiger partial charge in [0.1, 0.15) is 0 Å². The minimum absolute atomic E-state index is 0.0856. The van der Waals surface area contributed by atoms with E-state index in [1.54, 1.807) is 0 Å². The molecule has 1 heterocycles. The Labute approximate surface area is 111 Å². The van der Waals surface area contributed by atoms with Crippen molar-refractivity contribution in [3.05, 3.63) is 0 Å². The maximum Gasteiger partial charge on any atom is 0.226 e. The summed E-state index contributed by atoms with van der Waals surface area (Å²) in [6, 6.07) is 0. The van der Waals surface area contributed by atoms with Gasteiger partial charge in [-0.25, -0.2) is 0 Å². The maximum atomic E-state index is 12.7. The first-order valence-corrected chi connectivity index (χ1v) is 7.70. The molecule has 0 radical (unpaired) electrons. The molecular weight excluding hydrogens is 224 g/mol. The average Bonchev–Trinajstić information content (AvgIpc) is 2.35. The lowest BCUT2D eigenvalue weighted by Gasteiger charge is -2.46. The summed E-state index contributed by atoms with van der Waals surface area (Å²) in [7, 11) is 0. The second-order valence-electron chi connectivity index (χ2n) is 6.22. The van der Waals surface area contributed by atoms with Crippen LogP contribution in [0.15, 0.2) is 0 Å². The van der Waals surface area contributed by atoms with E-state index in [-0.39, 0.29) is 11.0 Å². The zero-order valence-electron chi connectivity index (χ0n) is 12.0. The van der Waals surface area contributed by atoms with Gasteiger partial charge in [-0.1, -0.05) is 20.3 Å². The van der Waals surface area contributed by atoms with Crippen LogP contribution in [-0.4, -0.2) is 24.5 Å². The summed E-state index contributed by atoms with van der Waals surface area (Å²) < 4.78 is 0. The van der Waals surface area contributed by atoms with Gasteiger partial charge in [0.05, 0.1) is 5.41 Å². The molecule has 18 heavy (non-hydrogen) atoms. The third kappa shape index (κ3) is 2.56. The largest absolute Gasteiger partial charge is 0.350 e. The van der Waals surface area contributed by atoms with Crippen LogP contribution in [0.4, 0.5) is 0 Å². The fourth-order valence-electron chi connectivity index (χ4n) is 3.52. The first-order chi connectivity index (χ1) is 8.66. The molecule has 104 valence electrons. The van der Waals surface area contributed by atoms with E-state index in [0.29, 0.717) is 5.91 Å². The van der Waals surface area contributed by atoms with Crippen molar-refractivity contribution < 1.29 is 4.79 Å². The number of amides is 1. The van der Waals surface area contributed by atoms with Gasteiger partial charge in [0.2, 0.25) is 5.91 Å². The highest BCUT2D eigenvalue weighted by Crippen LogP contribution is 2.39. The Balaban J connectivity index is 2.03. The molecule has 0 atom stereocenters. The van der Waals surface area contributed by atoms with Crippen LogP contribution in [0.1, 0.15) is 65.2 Å². The first kappa shape index (κ1) is 13.9. The topological polar surface area (TPSA) is 41.1 Å². The number of nitrogens with one attached hydrogen (secondary N) is 2. The number of rotatable bonds is 5. The van der Waals surface area contributed by atoms with Crippen molar-refractivity contribution in [2.75, 3.05) is 13.1 Å². The molecule has 1 amide bonds. The van der Waals surface area contributed by atoms with Crippen molar-refractivity contribution in [2.24, 2.45) is 5.41 Å². The van der Waals surface area contributed by atoms with Crippen LogP contribution in [0.5, 0.6) is 0 Å². The number of piperidine rings is 1. The average molecular weight is 252 g/mol. The van der Waals surface area contributed by atoms with E-state index in [1.165, 1.54) is 19.3 Å². The molecule has 0 aromatic rings. The molecule has 0 aromatic heterocycles. The minimum atomic E-state index is -0.0856. The summed E-state index contributed by atoms with van der Waals surface area (Å²) >= 11 is 0. The lowest BCUT2D eigenvalue weighted by atomic mass is 9.71. The van der Waals surface area contributed by atoms with Gasteiger partial charge < -0.3 is 10.6 Å². The molecule has 1 saturated carbocycles. The smallest absolute Gasteiger partial charge is 0.226 e. The number of carbonyl (C=O) groups is 1. The Kier molecular flexibility index (Phi) is 4.31. The van der Waals surface area contributed by atoms with Crippen molar-refractivity contribution in [1.29, 1.82) is 0 Å². The molecule has 1 aliphatic carbocycles. The van der Waals surface area contributed by atoms with Gasteiger partial charge in [0, 0.05) is 5.54 Å². The van der Waals surface area contributed by atoms with Gasteiger partial charge in [-0.3, -0.25) is 4.79 Å². The highest BCUT2D eigenvalue weighted by molar-refractivity contribution is 5.83. The quantitative estimate of drug-likeness (QED) is 0.789. The van der Waals surface area contributed by atoms with E-state index in [9.17, 15) is 4.79 Å². The summed E-state index contributed by atoms with van der Waals surface area (Å²) in [6.45, 7) is 6.38. The van der Waals surface area contributed by atoms with Gasteiger partial charge in [0.15, 0.2) is 0 Å². The Morgan fingerprint density at radius 1 is 1.17 bits per heavy atom. The zero-order chi connectivity index (χ0) is 13.1. The number of carbonyl (C=O) groups excluding carboxylic acids is 1. The molecule has 0 aromatic carbocycles. The second-order valence-corrected chi connectivity index (χ2v) is 6.22. The number of hydrogen-bond acceptors (Lipinski definition) is 2. The summed E-state index contributed by atoms with van der Waals surface area (Å²) in [6.07, 6.45) is 8.87. The summed E-state index contributed by atoms with van der Waals surface area (Å²) in [4.78, 5) is 12.7. The predicted octanol–water partition coefficient (Wildman–Crippen LogP) is 2.61. The van der Waals surface area contributed by atoms with Crippen molar-refractivity contribution in [1.82, 2.24) is 10.6 Å². The van der Waals surface area contributed by atoms with Crippen LogP contribution in [-0.2, 0) is 4.79 Å². The summed E-state index contributed by atoms with van der Waals surface area (Å²) in [5.74, 6) is 0.340. The Morgan fingerprint density at radius 2 is 1.83 bits per heavy atom. The van der Waals surface area contributed by atoms with Crippen LogP contribution in [0.2, 0.25) is 0 Å². The first-order valence-electron chi connectivity index (χ1n) is 7.70. The summed E-state index contributed by atoms with van der Waals surface area (Å²) in [5, 5.41) is 6.79. The molecule has 0 spiro atoms. The fraction of sp³-hybridized carbons (Fsp3) is 0.933. The van der Waals surface area contributed by atoms with Gasteiger partial charge in [-0.05, 0) is 58.0 Å². The lowest BCUT2D eigenvalue weighted by molar-refractivity contribution is -0.136. The van der Waals surface area contributed by atoms with E-state index in [0.717, 1.165) is 45.2 Å². The van der Waals surface area contributed by atoms with E-state index in [4.69, 9.17) is 0 Å². The monoisotopic (exact) mass is 252 g/mol. The molecule has 1 saturated heterocycles. The molecule has 3 nitrogen and oxygen atoms in total. The van der Waals surface area contributed by atoms with Crippen LogP contribution in [0.25, 0.3) is 0 Å². The molecular formula is C15H28N2O. The normalized spacial score (nSPS) is 25.2. The third-order valence-electron chi connectivity index (χ3n) is 5.14.